The van der Waals surface area contributed by atoms with Crippen molar-refractivity contribution in [1.29, 1.82) is 0 Å². The number of nitrogens with one attached hydrogen (secondary N) is 1. The molecule has 0 unspecified atom stereocenters. The number of benzene rings is 1. The number of anilines is 1. The van der Waals surface area contributed by atoms with Crippen LogP contribution in [0, 0.1) is 6.92 Å². The second-order valence-corrected chi connectivity index (χ2v) is 5.64. The van der Waals surface area contributed by atoms with Crippen LogP contribution in [0.5, 0.6) is 0 Å². The molecule has 0 radical (unpaired) electrons. The van der Waals surface area contributed by atoms with Crippen molar-refractivity contribution in [2.24, 2.45) is 7.05 Å². The van der Waals surface area contributed by atoms with Crippen molar-refractivity contribution in [2.45, 2.75) is 13.3 Å². The van der Waals surface area contributed by atoms with Crippen molar-refractivity contribution in [3.8, 4) is 0 Å². The summed E-state index contributed by atoms with van der Waals surface area (Å²) < 4.78 is 6.20. The normalized spacial score (nSPS) is 10.9. The highest BCUT2D eigenvalue weighted by Crippen LogP contribution is 2.21. The Labute approximate surface area is 121 Å². The molecule has 0 saturated carbocycles. The minimum atomic E-state index is -0.00926. The van der Waals surface area contributed by atoms with Gasteiger partial charge in [0, 0.05) is 24.1 Å². The van der Waals surface area contributed by atoms with Crippen LogP contribution in [0.4, 0.5) is 5.00 Å². The number of fused-ring (bicyclic) bond motifs is 1. The molecule has 3 rings (SSSR count). The average Bonchev–Trinajstić information content (AvgIpc) is 2.95. The zero-order valence-corrected chi connectivity index (χ0v) is 12.2. The van der Waals surface area contributed by atoms with Crippen molar-refractivity contribution in [2.75, 3.05) is 5.32 Å². The lowest BCUT2D eigenvalue weighted by molar-refractivity contribution is -0.115. The second kappa shape index (κ2) is 5.09. The topological polar surface area (TPSA) is 46.9 Å². The van der Waals surface area contributed by atoms with Crippen LogP contribution in [0.25, 0.3) is 10.9 Å². The van der Waals surface area contributed by atoms with E-state index >= 15 is 0 Å². The summed E-state index contributed by atoms with van der Waals surface area (Å²) in [6, 6.07) is 9.99. The first kappa shape index (κ1) is 12.9. The molecule has 0 spiro atoms. The number of amides is 1. The van der Waals surface area contributed by atoms with Crippen LogP contribution in [0.15, 0.2) is 36.5 Å². The molecule has 1 N–H and O–H groups in total. The van der Waals surface area contributed by atoms with E-state index in [4.69, 9.17) is 0 Å². The summed E-state index contributed by atoms with van der Waals surface area (Å²) in [4.78, 5) is 12.1. The van der Waals surface area contributed by atoms with E-state index in [9.17, 15) is 4.79 Å². The summed E-state index contributed by atoms with van der Waals surface area (Å²) in [6.45, 7) is 1.91. The number of rotatable bonds is 3. The molecule has 2 heterocycles. The smallest absolute Gasteiger partial charge is 0.229 e. The standard InChI is InChI=1S/C15H15N3OS/c1-10-7-15(20-17-10)16-14(19)8-11-9-18(2)13-6-4-3-5-12(11)13/h3-7,9H,8H2,1-2H3,(H,16,19). The molecule has 3 aromatic rings. The van der Waals surface area contributed by atoms with Crippen molar-refractivity contribution < 1.29 is 4.79 Å². The van der Waals surface area contributed by atoms with E-state index in [-0.39, 0.29) is 5.91 Å². The Balaban J connectivity index is 1.81. The summed E-state index contributed by atoms with van der Waals surface area (Å²) in [5, 5.41) is 4.82. The maximum absolute atomic E-state index is 12.1. The third kappa shape index (κ3) is 2.44. The first-order valence-corrected chi connectivity index (χ1v) is 7.17. The zero-order valence-electron chi connectivity index (χ0n) is 11.4. The van der Waals surface area contributed by atoms with Gasteiger partial charge in [-0.05, 0) is 36.2 Å². The van der Waals surface area contributed by atoms with Gasteiger partial charge in [0.15, 0.2) is 0 Å². The summed E-state index contributed by atoms with van der Waals surface area (Å²) in [6.07, 6.45) is 2.39. The monoisotopic (exact) mass is 285 g/mol. The van der Waals surface area contributed by atoms with Gasteiger partial charge >= 0.3 is 0 Å². The van der Waals surface area contributed by atoms with Gasteiger partial charge in [0.05, 0.1) is 12.1 Å². The van der Waals surface area contributed by atoms with Crippen molar-refractivity contribution in [1.82, 2.24) is 8.94 Å². The zero-order chi connectivity index (χ0) is 14.1. The molecule has 0 aliphatic heterocycles. The number of carbonyl (C=O) groups is 1. The van der Waals surface area contributed by atoms with Gasteiger partial charge in [-0.2, -0.15) is 4.37 Å². The number of hydrogen-bond acceptors (Lipinski definition) is 3. The third-order valence-electron chi connectivity index (χ3n) is 3.22. The molecule has 20 heavy (non-hydrogen) atoms. The molecular weight excluding hydrogens is 270 g/mol. The number of hydrogen-bond donors (Lipinski definition) is 1. The van der Waals surface area contributed by atoms with Crippen LogP contribution >= 0.6 is 11.5 Å². The number of aryl methyl sites for hydroxylation is 2. The van der Waals surface area contributed by atoms with Crippen LogP contribution < -0.4 is 5.32 Å². The number of carbonyl (C=O) groups excluding carboxylic acids is 1. The summed E-state index contributed by atoms with van der Waals surface area (Å²) in [5.74, 6) is -0.00926. The minimum Gasteiger partial charge on any atom is -0.350 e. The number of para-hydroxylation sites is 1. The fourth-order valence-electron chi connectivity index (χ4n) is 2.34. The number of aromatic nitrogens is 2. The van der Waals surface area contributed by atoms with Crippen molar-refractivity contribution in [3.63, 3.8) is 0 Å². The Morgan fingerprint density at radius 1 is 1.40 bits per heavy atom. The molecule has 1 amide bonds. The summed E-state index contributed by atoms with van der Waals surface area (Å²) >= 11 is 1.31. The quantitative estimate of drug-likeness (QED) is 0.803. The first-order valence-electron chi connectivity index (χ1n) is 6.39. The SMILES string of the molecule is Cc1cc(NC(=O)Cc2cn(C)c3ccccc23)sn1. The van der Waals surface area contributed by atoms with Gasteiger partial charge in [0.25, 0.3) is 0 Å². The maximum atomic E-state index is 12.1. The maximum Gasteiger partial charge on any atom is 0.229 e. The Hall–Kier alpha value is -2.14. The van der Waals surface area contributed by atoms with Crippen molar-refractivity contribution in [3.05, 3.63) is 47.8 Å². The van der Waals surface area contributed by atoms with E-state index in [1.165, 1.54) is 11.5 Å². The van der Waals surface area contributed by atoms with Crippen LogP contribution in [-0.2, 0) is 18.3 Å². The van der Waals surface area contributed by atoms with E-state index in [1.54, 1.807) is 0 Å². The molecule has 0 atom stereocenters. The van der Waals surface area contributed by atoms with Gasteiger partial charge in [-0.1, -0.05) is 18.2 Å². The van der Waals surface area contributed by atoms with Gasteiger partial charge in [0.2, 0.25) is 5.91 Å². The van der Waals surface area contributed by atoms with E-state index in [2.05, 4.69) is 26.4 Å². The van der Waals surface area contributed by atoms with Crippen LogP contribution in [0.2, 0.25) is 0 Å². The molecule has 0 aliphatic carbocycles. The molecule has 4 nitrogen and oxygen atoms in total. The Morgan fingerprint density at radius 2 is 2.20 bits per heavy atom. The van der Waals surface area contributed by atoms with Crippen LogP contribution in [0.1, 0.15) is 11.3 Å². The summed E-state index contributed by atoms with van der Waals surface area (Å²) in [7, 11) is 2.00. The lowest BCUT2D eigenvalue weighted by atomic mass is 10.1. The highest BCUT2D eigenvalue weighted by Gasteiger charge is 2.11. The van der Waals surface area contributed by atoms with Crippen LogP contribution in [0.3, 0.4) is 0 Å². The minimum absolute atomic E-state index is 0.00926. The van der Waals surface area contributed by atoms with E-state index < -0.39 is 0 Å². The molecule has 0 saturated heterocycles. The van der Waals surface area contributed by atoms with E-state index in [0.29, 0.717) is 6.42 Å². The lowest BCUT2D eigenvalue weighted by Crippen LogP contribution is -2.13. The molecule has 0 fully saturated rings. The molecular formula is C15H15N3OS. The highest BCUT2D eigenvalue weighted by molar-refractivity contribution is 7.10. The average molecular weight is 285 g/mol. The number of nitrogens with zero attached hydrogens (tertiary/aromatic N) is 2. The van der Waals surface area contributed by atoms with Crippen LogP contribution in [-0.4, -0.2) is 14.8 Å². The fraction of sp³-hybridized carbons (Fsp3) is 0.200. The van der Waals surface area contributed by atoms with Gasteiger partial charge < -0.3 is 9.88 Å². The fourth-order valence-corrected chi connectivity index (χ4v) is 3.02. The largest absolute Gasteiger partial charge is 0.350 e. The first-order chi connectivity index (χ1) is 9.63. The van der Waals surface area contributed by atoms with E-state index in [0.717, 1.165) is 27.2 Å². The molecule has 102 valence electrons. The predicted octanol–water partition coefficient (Wildman–Crippen LogP) is 3.12. The lowest BCUT2D eigenvalue weighted by Gasteiger charge is -2.01. The van der Waals surface area contributed by atoms with Gasteiger partial charge in [-0.15, -0.1) is 0 Å². The van der Waals surface area contributed by atoms with Gasteiger partial charge in [-0.25, -0.2) is 0 Å². The van der Waals surface area contributed by atoms with Crippen molar-refractivity contribution >= 4 is 33.3 Å². The Kier molecular flexibility index (Phi) is 3.28. The second-order valence-electron chi connectivity index (χ2n) is 4.84. The van der Waals surface area contributed by atoms with Gasteiger partial charge in [0.1, 0.15) is 5.00 Å². The van der Waals surface area contributed by atoms with Gasteiger partial charge in [-0.3, -0.25) is 4.79 Å². The third-order valence-corrected chi connectivity index (χ3v) is 4.02. The van der Waals surface area contributed by atoms with E-state index in [1.807, 2.05) is 38.4 Å². The molecule has 0 bridgehead atoms. The molecule has 5 heteroatoms. The highest BCUT2D eigenvalue weighted by atomic mass is 32.1. The molecule has 1 aromatic carbocycles. The molecule has 0 aliphatic rings. The Bertz CT molecular complexity index is 772. The molecule has 2 aromatic heterocycles. The summed E-state index contributed by atoms with van der Waals surface area (Å²) in [5.41, 5.74) is 3.11. The Morgan fingerprint density at radius 3 is 2.95 bits per heavy atom. The predicted molar refractivity (Wildman–Crippen MR) is 82.1 cm³/mol.